The highest BCUT2D eigenvalue weighted by molar-refractivity contribution is 6.05. The summed E-state index contributed by atoms with van der Waals surface area (Å²) in [5.41, 5.74) is -5.31. The van der Waals surface area contributed by atoms with Crippen LogP contribution in [0.25, 0.3) is 0 Å². The number of nitrogens with one attached hydrogen (secondary N) is 2. The number of benzene rings is 2. The van der Waals surface area contributed by atoms with E-state index < -0.39 is 29.5 Å². The third kappa shape index (κ3) is 4.92. The van der Waals surface area contributed by atoms with Crippen molar-refractivity contribution in [2.45, 2.75) is 70.0 Å². The minimum atomic E-state index is -6.23. The molecule has 1 fully saturated rings. The Morgan fingerprint density at radius 3 is 2.16 bits per heavy atom. The minimum absolute atomic E-state index is 0.0130. The number of anilines is 1. The zero-order valence-corrected chi connectivity index (χ0v) is 20.0. The summed E-state index contributed by atoms with van der Waals surface area (Å²) in [5.74, 6) is -0.540. The Balaban J connectivity index is 1.59. The Hall–Kier alpha value is -3.11. The van der Waals surface area contributed by atoms with Gasteiger partial charge < -0.3 is 10.6 Å². The van der Waals surface area contributed by atoms with Crippen molar-refractivity contribution < 1.29 is 40.3 Å². The molecule has 0 bridgehead atoms. The Kier molecular flexibility index (Phi) is 6.79. The average molecular weight is 530 g/mol. The van der Waals surface area contributed by atoms with E-state index in [9.17, 15) is 40.3 Å². The molecule has 0 aliphatic heterocycles. The Bertz CT molecular complexity index is 1220. The van der Waals surface area contributed by atoms with Gasteiger partial charge in [-0.3, -0.25) is 9.59 Å². The molecule has 37 heavy (non-hydrogen) atoms. The third-order valence-electron chi connectivity index (χ3n) is 6.96. The van der Waals surface area contributed by atoms with E-state index in [1.54, 1.807) is 18.2 Å². The summed E-state index contributed by atoms with van der Waals surface area (Å²) in [5, 5.41) is 5.58. The molecule has 0 radical (unpaired) electrons. The highest BCUT2D eigenvalue weighted by atomic mass is 19.4. The van der Waals surface area contributed by atoms with Gasteiger partial charge in [0.25, 0.3) is 5.91 Å². The highest BCUT2D eigenvalue weighted by Gasteiger charge is 2.73. The number of carbonyl (C=O) groups excluding carboxylic acids is 2. The van der Waals surface area contributed by atoms with E-state index in [2.05, 4.69) is 10.6 Å². The Labute approximate surface area is 208 Å². The van der Waals surface area contributed by atoms with E-state index in [1.807, 2.05) is 0 Å². The van der Waals surface area contributed by atoms with Gasteiger partial charge in [-0.25, -0.2) is 4.39 Å². The number of fused-ring (bicyclic) bond motifs is 1. The summed E-state index contributed by atoms with van der Waals surface area (Å²) in [6.45, 7) is 2.68. The van der Waals surface area contributed by atoms with Crippen LogP contribution in [0.1, 0.15) is 70.4 Å². The first-order valence-corrected chi connectivity index (χ1v) is 11.9. The molecule has 2 aromatic rings. The molecule has 4 nitrogen and oxygen atoms in total. The number of aryl methyl sites for hydroxylation is 3. The quantitative estimate of drug-likeness (QED) is 0.413. The maximum absolute atomic E-state index is 14.6. The van der Waals surface area contributed by atoms with Crippen LogP contribution in [0.3, 0.4) is 0 Å². The van der Waals surface area contributed by atoms with E-state index in [4.69, 9.17) is 0 Å². The zero-order valence-electron chi connectivity index (χ0n) is 20.0. The fourth-order valence-electron chi connectivity index (χ4n) is 4.73. The normalized spacial score (nSPS) is 17.9. The van der Waals surface area contributed by atoms with Crippen LogP contribution >= 0.6 is 0 Å². The van der Waals surface area contributed by atoms with Gasteiger partial charge in [-0.2, -0.15) is 26.3 Å². The molecule has 0 spiro atoms. The summed E-state index contributed by atoms with van der Waals surface area (Å²) in [7, 11) is 0. The van der Waals surface area contributed by atoms with Gasteiger partial charge in [-0.1, -0.05) is 19.1 Å². The highest BCUT2D eigenvalue weighted by Crippen LogP contribution is 2.54. The van der Waals surface area contributed by atoms with Crippen LogP contribution in [0.4, 0.5) is 36.4 Å². The second-order valence-corrected chi connectivity index (χ2v) is 9.58. The SMILES string of the molecule is CCc1cc(C(F)(C(F)(F)F)C(F)(F)F)cc(C)c1NC(=O)c1ccc2c(c1)CCC2NC(=O)C1CC1. The lowest BCUT2D eigenvalue weighted by atomic mass is 9.89. The molecule has 2 aromatic carbocycles. The standard InChI is InChI=1S/C26H25F7N2O2/c1-3-14-12-18(24(27,25(28,29)30)26(31,32)33)10-13(2)21(14)35-23(37)17-6-8-19-16(11-17)7-9-20(19)34-22(36)15-4-5-15/h6,8,10-12,15,20H,3-5,7,9H2,1-2H3,(H,34,36)(H,35,37). The van der Waals surface area contributed by atoms with Crippen LogP contribution in [0.5, 0.6) is 0 Å². The van der Waals surface area contributed by atoms with Gasteiger partial charge in [0.2, 0.25) is 5.91 Å². The maximum atomic E-state index is 14.6. The second kappa shape index (κ2) is 9.33. The molecule has 2 aliphatic rings. The lowest BCUT2D eigenvalue weighted by molar-refractivity contribution is -0.348. The largest absolute Gasteiger partial charge is 0.435 e. The van der Waals surface area contributed by atoms with Crippen molar-refractivity contribution in [1.82, 2.24) is 5.32 Å². The predicted molar refractivity (Wildman–Crippen MR) is 122 cm³/mol. The molecule has 1 atom stereocenters. The van der Waals surface area contributed by atoms with Crippen molar-refractivity contribution in [3.63, 3.8) is 0 Å². The lowest BCUT2D eigenvalue weighted by Crippen LogP contribution is -2.50. The summed E-state index contributed by atoms with van der Waals surface area (Å²) in [6, 6.07) is 5.75. The first kappa shape index (κ1) is 26.9. The number of carbonyl (C=O) groups is 2. The van der Waals surface area contributed by atoms with E-state index >= 15 is 0 Å². The van der Waals surface area contributed by atoms with E-state index in [1.165, 1.54) is 13.8 Å². The zero-order chi connectivity index (χ0) is 27.3. The van der Waals surface area contributed by atoms with E-state index in [0.29, 0.717) is 25.0 Å². The van der Waals surface area contributed by atoms with Gasteiger partial charge in [0.05, 0.1) is 6.04 Å². The first-order chi connectivity index (χ1) is 17.2. The number of hydrogen-bond donors (Lipinski definition) is 2. The van der Waals surface area contributed by atoms with E-state index in [0.717, 1.165) is 24.0 Å². The van der Waals surface area contributed by atoms with Crippen LogP contribution in [0.15, 0.2) is 30.3 Å². The summed E-state index contributed by atoms with van der Waals surface area (Å²) < 4.78 is 94.1. The average Bonchev–Trinajstić information content (AvgIpc) is 3.59. The predicted octanol–water partition coefficient (Wildman–Crippen LogP) is 6.61. The van der Waals surface area contributed by atoms with Crippen molar-refractivity contribution >= 4 is 17.5 Å². The molecule has 4 rings (SSSR count). The molecule has 1 saturated carbocycles. The third-order valence-corrected chi connectivity index (χ3v) is 6.96. The molecule has 0 aromatic heterocycles. The number of halogens is 7. The molecule has 200 valence electrons. The van der Waals surface area contributed by atoms with Crippen LogP contribution in [-0.4, -0.2) is 24.2 Å². The van der Waals surface area contributed by atoms with Crippen LogP contribution in [0.2, 0.25) is 0 Å². The number of rotatable bonds is 6. The second-order valence-electron chi connectivity index (χ2n) is 9.58. The Morgan fingerprint density at radius 1 is 0.946 bits per heavy atom. The lowest BCUT2D eigenvalue weighted by Gasteiger charge is -2.31. The smallest absolute Gasteiger partial charge is 0.349 e. The first-order valence-electron chi connectivity index (χ1n) is 11.9. The number of hydrogen-bond acceptors (Lipinski definition) is 2. The minimum Gasteiger partial charge on any atom is -0.349 e. The summed E-state index contributed by atoms with van der Waals surface area (Å²) in [4.78, 5) is 25.1. The fraction of sp³-hybridized carbons (Fsp3) is 0.462. The van der Waals surface area contributed by atoms with Gasteiger partial charge in [0.1, 0.15) is 0 Å². The molecule has 0 heterocycles. The van der Waals surface area contributed by atoms with Crippen molar-refractivity contribution in [2.75, 3.05) is 5.32 Å². The molecular weight excluding hydrogens is 505 g/mol. The Morgan fingerprint density at radius 2 is 1.59 bits per heavy atom. The molecule has 2 N–H and O–H groups in total. The molecular formula is C26H25F7N2O2. The van der Waals surface area contributed by atoms with Gasteiger partial charge >= 0.3 is 18.0 Å². The topological polar surface area (TPSA) is 58.2 Å². The molecule has 2 amide bonds. The molecule has 11 heteroatoms. The number of alkyl halides is 7. The maximum Gasteiger partial charge on any atom is 0.435 e. The van der Waals surface area contributed by atoms with Gasteiger partial charge in [-0.15, -0.1) is 0 Å². The van der Waals surface area contributed by atoms with Gasteiger partial charge in [0.15, 0.2) is 0 Å². The monoisotopic (exact) mass is 530 g/mol. The molecule has 1 unspecified atom stereocenters. The van der Waals surface area contributed by atoms with Crippen LogP contribution in [-0.2, 0) is 23.3 Å². The summed E-state index contributed by atoms with van der Waals surface area (Å²) >= 11 is 0. The van der Waals surface area contributed by atoms with Gasteiger partial charge in [0, 0.05) is 22.7 Å². The van der Waals surface area contributed by atoms with Crippen molar-refractivity contribution in [2.24, 2.45) is 5.92 Å². The molecule has 0 saturated heterocycles. The van der Waals surface area contributed by atoms with Crippen molar-refractivity contribution in [3.8, 4) is 0 Å². The van der Waals surface area contributed by atoms with Crippen molar-refractivity contribution in [1.29, 1.82) is 0 Å². The van der Waals surface area contributed by atoms with Crippen molar-refractivity contribution in [3.05, 3.63) is 63.7 Å². The molecule has 2 aliphatic carbocycles. The number of amides is 2. The van der Waals surface area contributed by atoms with Gasteiger partial charge in [-0.05, 0) is 79.5 Å². The van der Waals surface area contributed by atoms with Crippen LogP contribution in [0, 0.1) is 12.8 Å². The fourth-order valence-corrected chi connectivity index (χ4v) is 4.73. The summed E-state index contributed by atoms with van der Waals surface area (Å²) in [6.07, 6.45) is -9.44. The van der Waals surface area contributed by atoms with E-state index in [-0.39, 0.29) is 46.7 Å². The van der Waals surface area contributed by atoms with Crippen LogP contribution < -0.4 is 10.6 Å².